The van der Waals surface area contributed by atoms with E-state index >= 15 is 0 Å². The first-order valence-electron chi connectivity index (χ1n) is 6.40. The average Bonchev–Trinajstić information content (AvgIpc) is 2.41. The number of amides is 1. The maximum absolute atomic E-state index is 12.1. The summed E-state index contributed by atoms with van der Waals surface area (Å²) in [5.74, 6) is 0.225. The minimum absolute atomic E-state index is 0. The predicted octanol–water partition coefficient (Wildman–Crippen LogP) is 2.60. The van der Waals surface area contributed by atoms with Gasteiger partial charge in [0.05, 0.1) is 0 Å². The molecule has 0 bridgehead atoms. The molecule has 18 heavy (non-hydrogen) atoms. The zero-order chi connectivity index (χ0) is 12.1. The van der Waals surface area contributed by atoms with Gasteiger partial charge in [-0.3, -0.25) is 4.79 Å². The molecule has 1 saturated heterocycles. The summed E-state index contributed by atoms with van der Waals surface area (Å²) in [6, 6.07) is 10.4. The van der Waals surface area contributed by atoms with Crippen LogP contribution in [0.4, 0.5) is 5.69 Å². The van der Waals surface area contributed by atoms with Crippen LogP contribution >= 0.6 is 12.4 Å². The summed E-state index contributed by atoms with van der Waals surface area (Å²) in [6.45, 7) is 3.94. The maximum Gasteiger partial charge on any atom is 0.226 e. The van der Waals surface area contributed by atoms with Crippen LogP contribution in [-0.2, 0) is 4.79 Å². The molecule has 1 amide bonds. The Balaban J connectivity index is 0.00000162. The highest BCUT2D eigenvalue weighted by molar-refractivity contribution is 5.93. The molecule has 1 aliphatic heterocycles. The highest BCUT2D eigenvalue weighted by Gasteiger charge is 2.25. The van der Waals surface area contributed by atoms with Crippen molar-refractivity contribution in [1.29, 1.82) is 0 Å². The van der Waals surface area contributed by atoms with Crippen LogP contribution in [0.3, 0.4) is 0 Å². The van der Waals surface area contributed by atoms with Gasteiger partial charge in [0.15, 0.2) is 0 Å². The molecule has 1 fully saturated rings. The summed E-state index contributed by atoms with van der Waals surface area (Å²) in [5.41, 5.74) is 1.03. The van der Waals surface area contributed by atoms with Crippen molar-refractivity contribution >= 4 is 24.0 Å². The second-order valence-corrected chi connectivity index (χ2v) is 4.43. The highest BCUT2D eigenvalue weighted by atomic mass is 35.5. The van der Waals surface area contributed by atoms with Gasteiger partial charge in [0.2, 0.25) is 5.91 Å². The topological polar surface area (TPSA) is 32.3 Å². The molecule has 2 rings (SSSR count). The Hall–Kier alpha value is -1.06. The first-order chi connectivity index (χ1) is 8.33. The van der Waals surface area contributed by atoms with E-state index in [9.17, 15) is 4.79 Å². The van der Waals surface area contributed by atoms with Crippen molar-refractivity contribution in [3.63, 3.8) is 0 Å². The van der Waals surface area contributed by atoms with E-state index < -0.39 is 0 Å². The third-order valence-corrected chi connectivity index (χ3v) is 3.28. The van der Waals surface area contributed by atoms with Gasteiger partial charge in [-0.15, -0.1) is 12.4 Å². The van der Waals surface area contributed by atoms with Crippen LogP contribution in [-0.4, -0.2) is 25.0 Å². The van der Waals surface area contributed by atoms with Crippen LogP contribution in [0.5, 0.6) is 0 Å². The Bertz CT molecular complexity index is 363. The fourth-order valence-corrected chi connectivity index (χ4v) is 2.38. The lowest BCUT2D eigenvalue weighted by molar-refractivity contribution is -0.118. The van der Waals surface area contributed by atoms with Gasteiger partial charge in [-0.05, 0) is 38.1 Å². The van der Waals surface area contributed by atoms with E-state index in [1.54, 1.807) is 0 Å². The fraction of sp³-hybridized carbons (Fsp3) is 0.500. The Labute approximate surface area is 115 Å². The summed E-state index contributed by atoms with van der Waals surface area (Å²) in [4.78, 5) is 14.1. The second-order valence-electron chi connectivity index (χ2n) is 4.43. The van der Waals surface area contributed by atoms with Gasteiger partial charge in [0.1, 0.15) is 0 Å². The lowest BCUT2D eigenvalue weighted by atomic mass is 10.0. The van der Waals surface area contributed by atoms with Gasteiger partial charge in [-0.2, -0.15) is 0 Å². The van der Waals surface area contributed by atoms with Gasteiger partial charge in [-0.25, -0.2) is 0 Å². The summed E-state index contributed by atoms with van der Waals surface area (Å²) in [5, 5.41) is 3.34. The van der Waals surface area contributed by atoms with E-state index in [-0.39, 0.29) is 18.3 Å². The molecule has 0 aliphatic carbocycles. The van der Waals surface area contributed by atoms with Gasteiger partial charge < -0.3 is 10.2 Å². The standard InChI is InChI=1S/C14H20N2O.ClH/c1-2-14(17)16(12-6-4-3-5-7-12)13-8-10-15-11-9-13;/h3-7,13,15H,2,8-11H2,1H3;1H. The number of para-hydroxylation sites is 1. The number of rotatable bonds is 3. The Kier molecular flexibility index (Phi) is 6.16. The third kappa shape index (κ3) is 3.47. The minimum atomic E-state index is 0. The Morgan fingerprint density at radius 1 is 1.28 bits per heavy atom. The number of carbonyl (C=O) groups excluding carboxylic acids is 1. The molecule has 100 valence electrons. The molecule has 0 radical (unpaired) electrons. The first-order valence-corrected chi connectivity index (χ1v) is 6.40. The van der Waals surface area contributed by atoms with Crippen LogP contribution in [0.1, 0.15) is 26.2 Å². The number of carbonyl (C=O) groups is 1. The molecule has 1 aromatic rings. The number of nitrogens with one attached hydrogen (secondary N) is 1. The van der Waals surface area contributed by atoms with Gasteiger partial charge in [-0.1, -0.05) is 25.1 Å². The predicted molar refractivity (Wildman–Crippen MR) is 77.4 cm³/mol. The number of halogens is 1. The van der Waals surface area contributed by atoms with Crippen LogP contribution < -0.4 is 10.2 Å². The number of piperidine rings is 1. The van der Waals surface area contributed by atoms with Crippen molar-refractivity contribution in [3.05, 3.63) is 30.3 Å². The molecule has 3 nitrogen and oxygen atoms in total. The monoisotopic (exact) mass is 268 g/mol. The Morgan fingerprint density at radius 2 is 1.89 bits per heavy atom. The number of anilines is 1. The van der Waals surface area contributed by atoms with Crippen molar-refractivity contribution in [2.45, 2.75) is 32.2 Å². The van der Waals surface area contributed by atoms with Crippen molar-refractivity contribution in [3.8, 4) is 0 Å². The van der Waals surface area contributed by atoms with E-state index in [4.69, 9.17) is 0 Å². The molecule has 0 atom stereocenters. The van der Waals surface area contributed by atoms with Crippen molar-refractivity contribution in [2.75, 3.05) is 18.0 Å². The molecule has 1 aliphatic rings. The molecule has 0 aromatic heterocycles. The Morgan fingerprint density at radius 3 is 2.44 bits per heavy atom. The third-order valence-electron chi connectivity index (χ3n) is 3.28. The number of hydrogen-bond acceptors (Lipinski definition) is 2. The molecule has 4 heteroatoms. The highest BCUT2D eigenvalue weighted by Crippen LogP contribution is 2.22. The molecule has 1 N–H and O–H groups in total. The zero-order valence-corrected chi connectivity index (χ0v) is 11.6. The minimum Gasteiger partial charge on any atom is -0.317 e. The molecule has 1 heterocycles. The van der Waals surface area contributed by atoms with E-state index in [2.05, 4.69) is 5.32 Å². The fourth-order valence-electron chi connectivity index (χ4n) is 2.38. The SMILES string of the molecule is CCC(=O)N(c1ccccc1)C1CCNCC1.Cl. The molecule has 1 aromatic carbocycles. The van der Waals surface area contributed by atoms with E-state index in [1.165, 1.54) is 0 Å². The lowest BCUT2D eigenvalue weighted by Gasteiger charge is -2.34. The van der Waals surface area contributed by atoms with Gasteiger partial charge >= 0.3 is 0 Å². The second kappa shape index (κ2) is 7.39. The van der Waals surface area contributed by atoms with Crippen molar-refractivity contribution in [1.82, 2.24) is 5.32 Å². The van der Waals surface area contributed by atoms with Crippen molar-refractivity contribution in [2.24, 2.45) is 0 Å². The van der Waals surface area contributed by atoms with Crippen LogP contribution in [0.25, 0.3) is 0 Å². The van der Waals surface area contributed by atoms with Crippen LogP contribution in [0, 0.1) is 0 Å². The van der Waals surface area contributed by atoms with Crippen LogP contribution in [0.15, 0.2) is 30.3 Å². The molecule has 0 spiro atoms. The summed E-state index contributed by atoms with van der Waals surface area (Å²) in [6.07, 6.45) is 2.65. The maximum atomic E-state index is 12.1. The van der Waals surface area contributed by atoms with Gasteiger partial charge in [0.25, 0.3) is 0 Å². The molecular formula is C14H21ClN2O. The number of hydrogen-bond donors (Lipinski definition) is 1. The van der Waals surface area contributed by atoms with Crippen molar-refractivity contribution < 1.29 is 4.79 Å². The quantitative estimate of drug-likeness (QED) is 0.914. The largest absolute Gasteiger partial charge is 0.317 e. The smallest absolute Gasteiger partial charge is 0.226 e. The van der Waals surface area contributed by atoms with E-state index in [0.717, 1.165) is 31.6 Å². The normalized spacial score (nSPS) is 15.8. The van der Waals surface area contributed by atoms with E-state index in [1.807, 2.05) is 42.2 Å². The summed E-state index contributed by atoms with van der Waals surface area (Å²) in [7, 11) is 0. The summed E-state index contributed by atoms with van der Waals surface area (Å²) >= 11 is 0. The molecule has 0 unspecified atom stereocenters. The van der Waals surface area contributed by atoms with Gasteiger partial charge in [0, 0.05) is 18.2 Å². The van der Waals surface area contributed by atoms with Crippen LogP contribution in [0.2, 0.25) is 0 Å². The number of benzene rings is 1. The van der Waals surface area contributed by atoms with E-state index in [0.29, 0.717) is 12.5 Å². The number of nitrogens with zero attached hydrogens (tertiary/aromatic N) is 1. The average molecular weight is 269 g/mol. The first kappa shape index (κ1) is 15.0. The molecule has 0 saturated carbocycles. The zero-order valence-electron chi connectivity index (χ0n) is 10.8. The molecular weight excluding hydrogens is 248 g/mol. The summed E-state index contributed by atoms with van der Waals surface area (Å²) < 4.78 is 0. The lowest BCUT2D eigenvalue weighted by Crippen LogP contribution is -2.46.